The molecular formula is C14H20F2N2. The molecule has 0 saturated heterocycles. The maximum absolute atomic E-state index is 14.1. The fourth-order valence-electron chi connectivity index (χ4n) is 2.30. The summed E-state index contributed by atoms with van der Waals surface area (Å²) in [5.41, 5.74) is 0.794. The number of halogens is 2. The van der Waals surface area contributed by atoms with Crippen molar-refractivity contribution in [2.45, 2.75) is 38.8 Å². The lowest BCUT2D eigenvalue weighted by Crippen LogP contribution is -2.28. The predicted octanol–water partition coefficient (Wildman–Crippen LogP) is 3.06. The van der Waals surface area contributed by atoms with Crippen LogP contribution in [0.1, 0.15) is 31.7 Å². The Hall–Kier alpha value is -1.16. The molecule has 0 amide bonds. The lowest BCUT2D eigenvalue weighted by atomic mass is 10.1. The Morgan fingerprint density at radius 1 is 1.28 bits per heavy atom. The minimum absolute atomic E-state index is 0.152. The van der Waals surface area contributed by atoms with E-state index in [9.17, 15) is 8.78 Å². The first kappa shape index (κ1) is 13.3. The van der Waals surface area contributed by atoms with Gasteiger partial charge in [-0.2, -0.15) is 0 Å². The van der Waals surface area contributed by atoms with E-state index >= 15 is 0 Å². The molecule has 1 aliphatic rings. The first-order chi connectivity index (χ1) is 8.67. The van der Waals surface area contributed by atoms with Crippen LogP contribution in [0.3, 0.4) is 0 Å². The quantitative estimate of drug-likeness (QED) is 0.839. The second kappa shape index (κ2) is 5.65. The number of nitrogens with one attached hydrogen (secondary N) is 1. The van der Waals surface area contributed by atoms with E-state index in [0.717, 1.165) is 19.3 Å². The van der Waals surface area contributed by atoms with Crippen LogP contribution < -0.4 is 10.2 Å². The Morgan fingerprint density at radius 3 is 2.33 bits per heavy atom. The zero-order valence-corrected chi connectivity index (χ0v) is 11.0. The number of hydrogen-bond acceptors (Lipinski definition) is 2. The van der Waals surface area contributed by atoms with Gasteiger partial charge in [0.1, 0.15) is 17.3 Å². The van der Waals surface area contributed by atoms with Crippen molar-refractivity contribution in [1.82, 2.24) is 5.32 Å². The molecule has 1 aromatic rings. The summed E-state index contributed by atoms with van der Waals surface area (Å²) in [5, 5.41) is 2.90. The van der Waals surface area contributed by atoms with Crippen LogP contribution >= 0.6 is 0 Å². The third kappa shape index (κ3) is 2.80. The molecule has 2 rings (SSSR count). The molecule has 0 atom stereocenters. The zero-order valence-electron chi connectivity index (χ0n) is 11.0. The van der Waals surface area contributed by atoms with Crippen LogP contribution in [-0.4, -0.2) is 19.6 Å². The highest BCUT2D eigenvalue weighted by atomic mass is 19.1. The molecule has 2 nitrogen and oxygen atoms in total. The summed E-state index contributed by atoms with van der Waals surface area (Å²) in [4.78, 5) is 1.88. The van der Waals surface area contributed by atoms with E-state index in [1.807, 2.05) is 11.8 Å². The summed E-state index contributed by atoms with van der Waals surface area (Å²) in [5.74, 6) is -0.888. The molecule has 0 bridgehead atoms. The van der Waals surface area contributed by atoms with Gasteiger partial charge >= 0.3 is 0 Å². The predicted molar refractivity (Wildman–Crippen MR) is 69.8 cm³/mol. The van der Waals surface area contributed by atoms with Gasteiger partial charge in [-0.05, 0) is 44.0 Å². The SMILES string of the molecule is CCCN(c1c(F)cc(CNC)cc1F)C1CC1. The van der Waals surface area contributed by atoms with Gasteiger partial charge in [-0.3, -0.25) is 0 Å². The lowest BCUT2D eigenvalue weighted by Gasteiger charge is -2.25. The Morgan fingerprint density at radius 2 is 1.89 bits per heavy atom. The molecule has 4 heteroatoms. The third-order valence-electron chi connectivity index (χ3n) is 3.20. The maximum atomic E-state index is 14.1. The Bertz CT molecular complexity index is 393. The van der Waals surface area contributed by atoms with E-state index in [1.54, 1.807) is 7.05 Å². The molecule has 1 saturated carbocycles. The van der Waals surface area contributed by atoms with Gasteiger partial charge in [-0.25, -0.2) is 8.78 Å². The first-order valence-electron chi connectivity index (χ1n) is 6.56. The number of anilines is 1. The van der Waals surface area contributed by atoms with Crippen LogP contribution in [0.4, 0.5) is 14.5 Å². The number of hydrogen-bond donors (Lipinski definition) is 1. The molecule has 1 fully saturated rings. The molecule has 0 heterocycles. The second-order valence-electron chi connectivity index (χ2n) is 4.86. The van der Waals surface area contributed by atoms with E-state index in [-0.39, 0.29) is 5.69 Å². The van der Waals surface area contributed by atoms with E-state index < -0.39 is 11.6 Å². The Kier molecular flexibility index (Phi) is 4.17. The molecule has 0 radical (unpaired) electrons. The van der Waals surface area contributed by atoms with E-state index in [2.05, 4.69) is 5.32 Å². The van der Waals surface area contributed by atoms with E-state index in [4.69, 9.17) is 0 Å². The van der Waals surface area contributed by atoms with E-state index in [1.165, 1.54) is 12.1 Å². The molecule has 0 unspecified atom stereocenters. The summed E-state index contributed by atoms with van der Waals surface area (Å²) in [6, 6.07) is 3.18. The van der Waals surface area contributed by atoms with Crippen LogP contribution in [-0.2, 0) is 6.54 Å². The van der Waals surface area contributed by atoms with Gasteiger partial charge in [0.25, 0.3) is 0 Å². The van der Waals surface area contributed by atoms with Crippen molar-refractivity contribution in [3.63, 3.8) is 0 Å². The minimum atomic E-state index is -0.444. The van der Waals surface area contributed by atoms with Crippen LogP contribution in [0.2, 0.25) is 0 Å². The van der Waals surface area contributed by atoms with Gasteiger partial charge in [-0.1, -0.05) is 6.92 Å². The van der Waals surface area contributed by atoms with Gasteiger partial charge in [0.2, 0.25) is 0 Å². The van der Waals surface area contributed by atoms with Crippen molar-refractivity contribution in [2.75, 3.05) is 18.5 Å². The fourth-order valence-corrected chi connectivity index (χ4v) is 2.30. The van der Waals surface area contributed by atoms with Crippen LogP contribution in [0.15, 0.2) is 12.1 Å². The lowest BCUT2D eigenvalue weighted by molar-refractivity contribution is 0.562. The minimum Gasteiger partial charge on any atom is -0.364 e. The second-order valence-corrected chi connectivity index (χ2v) is 4.86. The van der Waals surface area contributed by atoms with Crippen molar-refractivity contribution in [3.05, 3.63) is 29.3 Å². The highest BCUT2D eigenvalue weighted by Crippen LogP contribution is 2.35. The van der Waals surface area contributed by atoms with Crippen LogP contribution in [0, 0.1) is 11.6 Å². The molecule has 0 spiro atoms. The fraction of sp³-hybridized carbons (Fsp3) is 0.571. The van der Waals surface area contributed by atoms with Crippen molar-refractivity contribution < 1.29 is 8.78 Å². The summed E-state index contributed by atoms with van der Waals surface area (Å²) < 4.78 is 28.2. The Labute approximate surface area is 107 Å². The zero-order chi connectivity index (χ0) is 13.1. The summed E-state index contributed by atoms with van der Waals surface area (Å²) >= 11 is 0. The highest BCUT2D eigenvalue weighted by molar-refractivity contribution is 5.52. The van der Waals surface area contributed by atoms with Crippen molar-refractivity contribution >= 4 is 5.69 Å². The van der Waals surface area contributed by atoms with Crippen LogP contribution in [0.25, 0.3) is 0 Å². The van der Waals surface area contributed by atoms with Crippen molar-refractivity contribution in [1.29, 1.82) is 0 Å². The number of rotatable bonds is 6. The molecular weight excluding hydrogens is 234 g/mol. The molecule has 1 aliphatic carbocycles. The summed E-state index contributed by atoms with van der Waals surface area (Å²) in [6.45, 7) is 3.22. The van der Waals surface area contributed by atoms with Gasteiger partial charge in [-0.15, -0.1) is 0 Å². The first-order valence-corrected chi connectivity index (χ1v) is 6.56. The van der Waals surface area contributed by atoms with Crippen molar-refractivity contribution in [2.24, 2.45) is 0 Å². The van der Waals surface area contributed by atoms with Gasteiger partial charge in [0.05, 0.1) is 0 Å². The molecule has 0 aromatic heterocycles. The number of benzene rings is 1. The average molecular weight is 254 g/mol. The summed E-state index contributed by atoms with van der Waals surface area (Å²) in [7, 11) is 1.76. The largest absolute Gasteiger partial charge is 0.364 e. The van der Waals surface area contributed by atoms with Crippen molar-refractivity contribution in [3.8, 4) is 0 Å². The topological polar surface area (TPSA) is 15.3 Å². The number of nitrogens with zero attached hydrogens (tertiary/aromatic N) is 1. The normalized spacial score (nSPS) is 14.9. The molecule has 0 aliphatic heterocycles. The average Bonchev–Trinajstić information content (AvgIpc) is 3.11. The molecule has 1 aromatic carbocycles. The standard InChI is InChI=1S/C14H20F2N2/c1-3-6-18(11-4-5-11)14-12(15)7-10(9-17-2)8-13(14)16/h7-8,11,17H,3-6,9H2,1-2H3. The molecule has 100 valence electrons. The summed E-state index contributed by atoms with van der Waals surface area (Å²) in [6.07, 6.45) is 2.97. The smallest absolute Gasteiger partial charge is 0.149 e. The van der Waals surface area contributed by atoms with E-state index in [0.29, 0.717) is 24.7 Å². The third-order valence-corrected chi connectivity index (χ3v) is 3.20. The van der Waals surface area contributed by atoms with Gasteiger partial charge < -0.3 is 10.2 Å². The van der Waals surface area contributed by atoms with Crippen LogP contribution in [0.5, 0.6) is 0 Å². The maximum Gasteiger partial charge on any atom is 0.149 e. The van der Waals surface area contributed by atoms with Gasteiger partial charge in [0, 0.05) is 19.1 Å². The monoisotopic (exact) mass is 254 g/mol. The molecule has 18 heavy (non-hydrogen) atoms. The highest BCUT2D eigenvalue weighted by Gasteiger charge is 2.32. The van der Waals surface area contributed by atoms with Gasteiger partial charge in [0.15, 0.2) is 0 Å². The molecule has 1 N–H and O–H groups in total. The Balaban J connectivity index is 2.30.